The van der Waals surface area contributed by atoms with Crippen LogP contribution in [0.1, 0.15) is 17.8 Å². The van der Waals surface area contributed by atoms with Gasteiger partial charge in [-0.15, -0.1) is 11.3 Å². The molecule has 1 aromatic heterocycles. The lowest BCUT2D eigenvalue weighted by molar-refractivity contribution is -0.149. The zero-order chi connectivity index (χ0) is 14.5. The molecule has 110 valence electrons. The summed E-state index contributed by atoms with van der Waals surface area (Å²) >= 11 is 1.44. The first-order valence-electron chi connectivity index (χ1n) is 6.60. The van der Waals surface area contributed by atoms with Crippen molar-refractivity contribution in [3.8, 4) is 0 Å². The number of carbonyl (C=O) groups is 2. The topological polar surface area (TPSA) is 84.7 Å². The molecule has 0 spiro atoms. The Morgan fingerprint density at radius 1 is 1.65 bits per heavy atom. The number of thiophene rings is 1. The molecule has 2 amide bonds. The number of morpholine rings is 1. The Labute approximate surface area is 121 Å². The molecule has 6 nitrogen and oxygen atoms in total. The first-order chi connectivity index (χ1) is 9.65. The van der Waals surface area contributed by atoms with Gasteiger partial charge in [-0.2, -0.15) is 0 Å². The normalized spacial score (nSPS) is 20.5. The minimum absolute atomic E-state index is 0.195. The van der Waals surface area contributed by atoms with Gasteiger partial charge in [0.05, 0.1) is 13.2 Å². The van der Waals surface area contributed by atoms with E-state index in [2.05, 4.69) is 5.32 Å². The first-order valence-corrected chi connectivity index (χ1v) is 7.48. The van der Waals surface area contributed by atoms with E-state index < -0.39 is 12.1 Å². The lowest BCUT2D eigenvalue weighted by Crippen LogP contribution is -2.57. The van der Waals surface area contributed by atoms with Crippen molar-refractivity contribution in [1.82, 2.24) is 10.2 Å². The molecule has 0 saturated carbocycles. The van der Waals surface area contributed by atoms with E-state index >= 15 is 0 Å². The van der Waals surface area contributed by atoms with Crippen LogP contribution < -0.4 is 11.1 Å². The summed E-state index contributed by atoms with van der Waals surface area (Å²) in [5, 5.41) is 4.60. The predicted octanol–water partition coefficient (Wildman–Crippen LogP) is 0.111. The van der Waals surface area contributed by atoms with E-state index in [0.717, 1.165) is 4.88 Å². The second-order valence-corrected chi connectivity index (χ2v) is 5.49. The molecule has 2 rings (SSSR count). The lowest BCUT2D eigenvalue weighted by atomic mass is 10.1. The van der Waals surface area contributed by atoms with Crippen LogP contribution in [-0.2, 0) is 14.3 Å². The zero-order valence-electron chi connectivity index (χ0n) is 11.4. The molecule has 20 heavy (non-hydrogen) atoms. The molecular formula is C13H19N3O3S. The van der Waals surface area contributed by atoms with Gasteiger partial charge < -0.3 is 20.7 Å². The minimum Gasteiger partial charge on any atom is -0.377 e. The van der Waals surface area contributed by atoms with Crippen LogP contribution >= 0.6 is 11.3 Å². The van der Waals surface area contributed by atoms with Crippen LogP contribution in [-0.4, -0.2) is 49.1 Å². The number of ether oxygens (including phenoxy) is 1. The Hall–Kier alpha value is -1.44. The summed E-state index contributed by atoms with van der Waals surface area (Å²) in [4.78, 5) is 26.8. The summed E-state index contributed by atoms with van der Waals surface area (Å²) in [7, 11) is 0. The standard InChI is InChI=1S/C13H19N3O3S/c1-2-15-12(17)9-8-19-6-5-16(9)13(18)11(14)10-4-3-7-20-10/h3-4,7,9,11H,2,5-6,8,14H2,1H3,(H,15,17). The summed E-state index contributed by atoms with van der Waals surface area (Å²) < 4.78 is 5.31. The molecule has 1 aliphatic heterocycles. The van der Waals surface area contributed by atoms with Crippen molar-refractivity contribution in [2.45, 2.75) is 19.0 Å². The third-order valence-corrected chi connectivity index (χ3v) is 4.14. The molecular weight excluding hydrogens is 278 g/mol. The number of likely N-dealkylation sites (N-methyl/N-ethyl adjacent to an activating group) is 1. The highest BCUT2D eigenvalue weighted by molar-refractivity contribution is 7.10. The van der Waals surface area contributed by atoms with E-state index in [9.17, 15) is 9.59 Å². The average Bonchev–Trinajstić information content (AvgIpc) is 3.00. The van der Waals surface area contributed by atoms with Gasteiger partial charge >= 0.3 is 0 Å². The van der Waals surface area contributed by atoms with Crippen molar-refractivity contribution in [2.24, 2.45) is 5.73 Å². The van der Waals surface area contributed by atoms with Crippen LogP contribution in [0.2, 0.25) is 0 Å². The van der Waals surface area contributed by atoms with Crippen LogP contribution in [0.25, 0.3) is 0 Å². The van der Waals surface area contributed by atoms with Crippen molar-refractivity contribution in [2.75, 3.05) is 26.3 Å². The number of carbonyl (C=O) groups excluding carboxylic acids is 2. The molecule has 2 unspecified atom stereocenters. The Balaban J connectivity index is 2.11. The molecule has 7 heteroatoms. The third kappa shape index (κ3) is 3.17. The fraction of sp³-hybridized carbons (Fsp3) is 0.538. The van der Waals surface area contributed by atoms with Crippen LogP contribution in [0.15, 0.2) is 17.5 Å². The minimum atomic E-state index is -0.718. The highest BCUT2D eigenvalue weighted by Crippen LogP contribution is 2.21. The smallest absolute Gasteiger partial charge is 0.245 e. The summed E-state index contributed by atoms with van der Waals surface area (Å²) in [5.74, 6) is -0.425. The van der Waals surface area contributed by atoms with Gasteiger partial charge in [0.25, 0.3) is 0 Å². The number of amides is 2. The molecule has 1 saturated heterocycles. The van der Waals surface area contributed by atoms with E-state index in [1.807, 2.05) is 24.4 Å². The summed E-state index contributed by atoms with van der Waals surface area (Å²) in [6.45, 7) is 3.40. The van der Waals surface area contributed by atoms with Crippen LogP contribution in [0.5, 0.6) is 0 Å². The number of nitrogens with two attached hydrogens (primary N) is 1. The van der Waals surface area contributed by atoms with Crippen molar-refractivity contribution in [3.63, 3.8) is 0 Å². The average molecular weight is 297 g/mol. The number of hydrogen-bond acceptors (Lipinski definition) is 5. The van der Waals surface area contributed by atoms with Gasteiger partial charge in [0, 0.05) is 18.0 Å². The molecule has 2 heterocycles. The van der Waals surface area contributed by atoms with Gasteiger partial charge in [-0.1, -0.05) is 6.07 Å². The molecule has 1 aliphatic rings. The number of nitrogens with one attached hydrogen (secondary N) is 1. The van der Waals surface area contributed by atoms with Gasteiger partial charge in [0.15, 0.2) is 0 Å². The van der Waals surface area contributed by atoms with Gasteiger partial charge in [0.2, 0.25) is 11.8 Å². The number of nitrogens with zero attached hydrogens (tertiary/aromatic N) is 1. The molecule has 0 aliphatic carbocycles. The van der Waals surface area contributed by atoms with Gasteiger partial charge in [-0.25, -0.2) is 0 Å². The predicted molar refractivity (Wildman–Crippen MR) is 76.3 cm³/mol. The largest absolute Gasteiger partial charge is 0.377 e. The van der Waals surface area contributed by atoms with Crippen molar-refractivity contribution in [3.05, 3.63) is 22.4 Å². The maximum atomic E-state index is 12.5. The van der Waals surface area contributed by atoms with Crippen molar-refractivity contribution < 1.29 is 14.3 Å². The Bertz CT molecular complexity index is 463. The van der Waals surface area contributed by atoms with Crippen LogP contribution in [0.3, 0.4) is 0 Å². The molecule has 0 radical (unpaired) electrons. The maximum absolute atomic E-state index is 12.5. The zero-order valence-corrected chi connectivity index (χ0v) is 12.2. The molecule has 0 bridgehead atoms. The highest BCUT2D eigenvalue weighted by Gasteiger charge is 2.35. The second-order valence-electron chi connectivity index (χ2n) is 4.51. The van der Waals surface area contributed by atoms with Crippen molar-refractivity contribution >= 4 is 23.2 Å². The lowest BCUT2D eigenvalue weighted by Gasteiger charge is -2.35. The fourth-order valence-corrected chi connectivity index (χ4v) is 2.86. The number of rotatable bonds is 4. The van der Waals surface area contributed by atoms with Crippen molar-refractivity contribution in [1.29, 1.82) is 0 Å². The van der Waals surface area contributed by atoms with Crippen LogP contribution in [0.4, 0.5) is 0 Å². The fourth-order valence-electron chi connectivity index (χ4n) is 2.15. The second kappa shape index (κ2) is 6.83. The van der Waals surface area contributed by atoms with E-state index in [1.54, 1.807) is 0 Å². The molecule has 2 atom stereocenters. The first kappa shape index (κ1) is 15.0. The SMILES string of the molecule is CCNC(=O)C1COCCN1C(=O)C(N)c1cccs1. The van der Waals surface area contributed by atoms with E-state index in [4.69, 9.17) is 10.5 Å². The summed E-state index contributed by atoms with van der Waals surface area (Å²) in [5.41, 5.74) is 6.00. The molecule has 0 aromatic carbocycles. The van der Waals surface area contributed by atoms with E-state index in [0.29, 0.717) is 19.7 Å². The van der Waals surface area contributed by atoms with E-state index in [-0.39, 0.29) is 18.4 Å². The molecule has 1 aromatic rings. The highest BCUT2D eigenvalue weighted by atomic mass is 32.1. The third-order valence-electron chi connectivity index (χ3n) is 3.18. The summed E-state index contributed by atoms with van der Waals surface area (Å²) in [6.07, 6.45) is 0. The number of hydrogen-bond donors (Lipinski definition) is 2. The van der Waals surface area contributed by atoms with Gasteiger partial charge in [-0.05, 0) is 18.4 Å². The van der Waals surface area contributed by atoms with Crippen LogP contribution in [0, 0.1) is 0 Å². The maximum Gasteiger partial charge on any atom is 0.245 e. The Morgan fingerprint density at radius 3 is 3.10 bits per heavy atom. The van der Waals surface area contributed by atoms with Gasteiger partial charge in [-0.3, -0.25) is 9.59 Å². The van der Waals surface area contributed by atoms with E-state index in [1.165, 1.54) is 16.2 Å². The monoisotopic (exact) mass is 297 g/mol. The Morgan fingerprint density at radius 2 is 2.45 bits per heavy atom. The molecule has 1 fully saturated rings. The van der Waals surface area contributed by atoms with Gasteiger partial charge in [0.1, 0.15) is 12.1 Å². The quantitative estimate of drug-likeness (QED) is 0.826. The Kier molecular flexibility index (Phi) is 5.11. The molecule has 3 N–H and O–H groups in total. The summed E-state index contributed by atoms with van der Waals surface area (Å²) in [6, 6.07) is 2.37.